The van der Waals surface area contributed by atoms with Gasteiger partial charge in [0.2, 0.25) is 0 Å². The SMILES string of the molecule is [2H]C([2H])([2H])C1=CNC(c2ccc(F)cc2)C=C1. The molecular weight excluding hydrogens is 177 g/mol. The van der Waals surface area contributed by atoms with E-state index < -0.39 is 6.85 Å². The number of allylic oxidation sites excluding steroid dienone is 2. The second kappa shape index (κ2) is 3.66. The molecule has 0 fully saturated rings. The van der Waals surface area contributed by atoms with Crippen LogP contribution in [-0.2, 0) is 0 Å². The van der Waals surface area contributed by atoms with Crippen molar-refractivity contribution in [3.63, 3.8) is 0 Å². The number of benzene rings is 1. The van der Waals surface area contributed by atoms with Gasteiger partial charge in [0, 0.05) is 10.3 Å². The van der Waals surface area contributed by atoms with E-state index in [1.807, 2.05) is 0 Å². The molecule has 1 aliphatic heterocycles. The van der Waals surface area contributed by atoms with Crippen molar-refractivity contribution < 1.29 is 8.50 Å². The third-order valence-electron chi connectivity index (χ3n) is 2.12. The lowest BCUT2D eigenvalue weighted by molar-refractivity contribution is 0.625. The minimum atomic E-state index is -2.10. The summed E-state index contributed by atoms with van der Waals surface area (Å²) in [6.45, 7) is -2.10. The first-order chi connectivity index (χ1) is 7.97. The number of hydrogen-bond acceptors (Lipinski definition) is 1. The molecule has 1 unspecified atom stereocenters. The van der Waals surface area contributed by atoms with Gasteiger partial charge in [-0.2, -0.15) is 0 Å². The molecule has 14 heavy (non-hydrogen) atoms. The quantitative estimate of drug-likeness (QED) is 0.721. The van der Waals surface area contributed by atoms with Gasteiger partial charge in [0.25, 0.3) is 0 Å². The first-order valence-corrected chi connectivity index (χ1v) is 4.37. The zero-order valence-corrected chi connectivity index (χ0v) is 7.50. The van der Waals surface area contributed by atoms with Gasteiger partial charge in [-0.3, -0.25) is 0 Å². The van der Waals surface area contributed by atoms with Gasteiger partial charge in [-0.25, -0.2) is 4.39 Å². The maximum Gasteiger partial charge on any atom is 0.123 e. The molecule has 2 heteroatoms. The Morgan fingerprint density at radius 2 is 2.14 bits per heavy atom. The summed E-state index contributed by atoms with van der Waals surface area (Å²) in [5.41, 5.74) is 1.17. The molecule has 0 aliphatic carbocycles. The summed E-state index contributed by atoms with van der Waals surface area (Å²) < 4.78 is 34.5. The smallest absolute Gasteiger partial charge is 0.123 e. The number of nitrogens with one attached hydrogen (secondary N) is 1. The summed E-state index contributed by atoms with van der Waals surface area (Å²) in [6, 6.07) is 6.00. The number of hydrogen-bond donors (Lipinski definition) is 1. The predicted octanol–water partition coefficient (Wildman–Crippen LogP) is 2.93. The fourth-order valence-corrected chi connectivity index (χ4v) is 1.36. The van der Waals surface area contributed by atoms with Crippen LogP contribution in [-0.4, -0.2) is 0 Å². The Kier molecular flexibility index (Phi) is 1.57. The summed E-state index contributed by atoms with van der Waals surface area (Å²) in [5, 5.41) is 2.98. The predicted molar refractivity (Wildman–Crippen MR) is 55.2 cm³/mol. The summed E-state index contributed by atoms with van der Waals surface area (Å²) in [7, 11) is 0. The molecule has 1 N–H and O–H groups in total. The van der Waals surface area contributed by atoms with E-state index >= 15 is 0 Å². The molecule has 2 rings (SSSR count). The van der Waals surface area contributed by atoms with E-state index in [1.165, 1.54) is 18.3 Å². The highest BCUT2D eigenvalue weighted by molar-refractivity contribution is 5.30. The van der Waals surface area contributed by atoms with Crippen LogP contribution in [0.5, 0.6) is 0 Å². The monoisotopic (exact) mass is 192 g/mol. The van der Waals surface area contributed by atoms with Gasteiger partial charge in [0.05, 0.1) is 6.04 Å². The Morgan fingerprint density at radius 3 is 2.71 bits per heavy atom. The van der Waals surface area contributed by atoms with Gasteiger partial charge in [0.15, 0.2) is 0 Å². The zero-order valence-electron chi connectivity index (χ0n) is 10.5. The molecule has 1 nitrogen and oxygen atoms in total. The van der Waals surface area contributed by atoms with E-state index in [9.17, 15) is 4.39 Å². The number of halogens is 1. The maximum absolute atomic E-state index is 12.7. The standard InChI is InChI=1S/C12H12FN/c1-9-2-7-12(14-8-9)10-3-5-11(13)6-4-10/h2-8,12,14H,1H3/i1D3. The lowest BCUT2D eigenvalue weighted by Gasteiger charge is -2.17. The van der Waals surface area contributed by atoms with Crippen molar-refractivity contribution in [2.75, 3.05) is 0 Å². The van der Waals surface area contributed by atoms with Gasteiger partial charge < -0.3 is 5.32 Å². The third-order valence-corrected chi connectivity index (χ3v) is 2.12. The largest absolute Gasteiger partial charge is 0.380 e. The molecule has 1 aromatic carbocycles. The molecule has 0 saturated carbocycles. The molecule has 1 aliphatic rings. The molecule has 0 aromatic heterocycles. The third kappa shape index (κ3) is 1.84. The molecule has 0 amide bonds. The Balaban J connectivity index is 2.13. The van der Waals surface area contributed by atoms with Gasteiger partial charge in [-0.15, -0.1) is 0 Å². The van der Waals surface area contributed by atoms with Crippen molar-refractivity contribution in [2.45, 2.75) is 12.9 Å². The maximum atomic E-state index is 12.7. The van der Waals surface area contributed by atoms with E-state index in [1.54, 1.807) is 24.3 Å². The minimum Gasteiger partial charge on any atom is -0.380 e. The van der Waals surface area contributed by atoms with E-state index in [2.05, 4.69) is 5.32 Å². The van der Waals surface area contributed by atoms with E-state index in [0.717, 1.165) is 5.56 Å². The van der Waals surface area contributed by atoms with Crippen LogP contribution in [0, 0.1) is 5.82 Å². The average Bonchev–Trinajstić information content (AvgIpc) is 2.29. The lowest BCUT2D eigenvalue weighted by atomic mass is 10.0. The van der Waals surface area contributed by atoms with Crippen LogP contribution in [0.15, 0.2) is 48.2 Å². The van der Waals surface area contributed by atoms with E-state index in [0.29, 0.717) is 0 Å². The topological polar surface area (TPSA) is 12.0 Å². The van der Waals surface area contributed by atoms with Crippen LogP contribution in [0.1, 0.15) is 22.6 Å². The fraction of sp³-hybridized carbons (Fsp3) is 0.167. The molecule has 0 saturated heterocycles. The van der Waals surface area contributed by atoms with Crippen LogP contribution in [0.25, 0.3) is 0 Å². The summed E-state index contributed by atoms with van der Waals surface area (Å²) in [4.78, 5) is 0. The van der Waals surface area contributed by atoms with Gasteiger partial charge in [0.1, 0.15) is 5.82 Å². The first-order valence-electron chi connectivity index (χ1n) is 5.87. The fourth-order valence-electron chi connectivity index (χ4n) is 1.36. The van der Waals surface area contributed by atoms with Crippen LogP contribution >= 0.6 is 0 Å². The summed E-state index contributed by atoms with van der Waals surface area (Å²) in [5.74, 6) is -0.285. The normalized spacial score (nSPS) is 24.2. The molecule has 1 atom stereocenters. The number of dihydropyridines is 1. The molecule has 1 heterocycles. The second-order valence-corrected chi connectivity index (χ2v) is 3.15. The Labute approximate surface area is 87.2 Å². The van der Waals surface area contributed by atoms with Gasteiger partial charge in [-0.1, -0.05) is 24.3 Å². The van der Waals surface area contributed by atoms with E-state index in [-0.39, 0.29) is 17.4 Å². The van der Waals surface area contributed by atoms with Crippen LogP contribution in [0.4, 0.5) is 4.39 Å². The lowest BCUT2D eigenvalue weighted by Crippen LogP contribution is -2.16. The van der Waals surface area contributed by atoms with Crippen molar-refractivity contribution in [1.82, 2.24) is 5.32 Å². The van der Waals surface area contributed by atoms with Crippen molar-refractivity contribution in [2.24, 2.45) is 0 Å². The Bertz CT molecular complexity index is 460. The zero-order chi connectivity index (χ0) is 12.5. The number of rotatable bonds is 1. The van der Waals surface area contributed by atoms with Crippen LogP contribution in [0.2, 0.25) is 0 Å². The highest BCUT2D eigenvalue weighted by Crippen LogP contribution is 2.18. The van der Waals surface area contributed by atoms with Crippen molar-refractivity contribution in [3.8, 4) is 0 Å². The molecule has 0 radical (unpaired) electrons. The van der Waals surface area contributed by atoms with E-state index in [4.69, 9.17) is 4.11 Å². The van der Waals surface area contributed by atoms with Crippen LogP contribution < -0.4 is 5.32 Å². The minimum absolute atomic E-state index is 0.110. The molecule has 1 aromatic rings. The average molecular weight is 192 g/mol. The van der Waals surface area contributed by atoms with Crippen molar-refractivity contribution in [1.29, 1.82) is 0 Å². The van der Waals surface area contributed by atoms with Gasteiger partial charge >= 0.3 is 0 Å². The highest BCUT2D eigenvalue weighted by Gasteiger charge is 2.08. The van der Waals surface area contributed by atoms with Gasteiger partial charge in [-0.05, 0) is 30.1 Å². The highest BCUT2D eigenvalue weighted by atomic mass is 19.1. The van der Waals surface area contributed by atoms with Crippen molar-refractivity contribution >= 4 is 0 Å². The Morgan fingerprint density at radius 1 is 1.36 bits per heavy atom. The molecule has 0 spiro atoms. The summed E-state index contributed by atoms with van der Waals surface area (Å²) in [6.07, 6.45) is 4.83. The first kappa shape index (κ1) is 6.02. The van der Waals surface area contributed by atoms with Crippen LogP contribution in [0.3, 0.4) is 0 Å². The summed E-state index contributed by atoms with van der Waals surface area (Å²) >= 11 is 0. The van der Waals surface area contributed by atoms with Crippen molar-refractivity contribution in [3.05, 3.63) is 59.6 Å². The molecule has 0 bridgehead atoms. The Hall–Kier alpha value is -1.57. The second-order valence-electron chi connectivity index (χ2n) is 3.15. The molecular formula is C12H12FN. The molecule has 72 valence electrons.